The number of para-hydroxylation sites is 1. The topological polar surface area (TPSA) is 76.3 Å². The lowest BCUT2D eigenvalue weighted by atomic mass is 10.1. The summed E-state index contributed by atoms with van der Waals surface area (Å²) in [4.78, 5) is 4.45. The summed E-state index contributed by atoms with van der Waals surface area (Å²) in [5.41, 5.74) is 3.11. The van der Waals surface area contributed by atoms with Crippen LogP contribution in [0.25, 0.3) is 11.4 Å². The van der Waals surface area contributed by atoms with Gasteiger partial charge in [-0.3, -0.25) is 4.31 Å². The summed E-state index contributed by atoms with van der Waals surface area (Å²) in [7, 11) is -3.66. The largest absolute Gasteiger partial charge is 0.339 e. The van der Waals surface area contributed by atoms with Crippen molar-refractivity contribution in [1.29, 1.82) is 0 Å². The van der Waals surface area contributed by atoms with Gasteiger partial charge in [0.05, 0.1) is 10.6 Å². The maximum absolute atomic E-state index is 13.3. The van der Waals surface area contributed by atoms with E-state index in [9.17, 15) is 8.42 Å². The van der Waals surface area contributed by atoms with Crippen molar-refractivity contribution in [2.75, 3.05) is 10.8 Å². The lowest BCUT2D eigenvalue weighted by Crippen LogP contribution is -2.29. The van der Waals surface area contributed by atoms with Crippen LogP contribution >= 0.6 is 0 Å². The summed E-state index contributed by atoms with van der Waals surface area (Å²) in [6.45, 7) is 3.94. The highest BCUT2D eigenvalue weighted by Crippen LogP contribution is 2.34. The van der Waals surface area contributed by atoms with Crippen LogP contribution in [0, 0.1) is 13.8 Å². The number of sulfonamides is 1. The number of hydrogen-bond acceptors (Lipinski definition) is 5. The van der Waals surface area contributed by atoms with Crippen LogP contribution < -0.4 is 4.31 Å². The minimum absolute atomic E-state index is 0.268. The SMILES string of the molecule is Cc1nc(-c2ccc(C)c(S(=O)(=O)N3CCc4ccccc43)c2)no1. The fourth-order valence-electron chi connectivity index (χ4n) is 3.11. The summed E-state index contributed by atoms with van der Waals surface area (Å²) in [5.74, 6) is 0.823. The zero-order chi connectivity index (χ0) is 17.6. The van der Waals surface area contributed by atoms with Crippen molar-refractivity contribution in [2.24, 2.45) is 0 Å². The fraction of sp³-hybridized carbons (Fsp3) is 0.222. The van der Waals surface area contributed by atoms with E-state index >= 15 is 0 Å². The minimum atomic E-state index is -3.66. The normalized spacial score (nSPS) is 13.9. The molecule has 128 valence electrons. The number of nitrogens with zero attached hydrogens (tertiary/aromatic N) is 3. The number of benzene rings is 2. The molecule has 0 atom stereocenters. The van der Waals surface area contributed by atoms with Crippen molar-refractivity contribution in [2.45, 2.75) is 25.2 Å². The Morgan fingerprint density at radius 1 is 1.12 bits per heavy atom. The molecular formula is C18H17N3O3S. The Bertz CT molecular complexity index is 1060. The lowest BCUT2D eigenvalue weighted by Gasteiger charge is -2.21. The van der Waals surface area contributed by atoms with Crippen LogP contribution in [0.1, 0.15) is 17.0 Å². The maximum atomic E-state index is 13.3. The third-order valence-electron chi connectivity index (χ3n) is 4.39. The molecule has 25 heavy (non-hydrogen) atoms. The summed E-state index contributed by atoms with van der Waals surface area (Å²) in [6.07, 6.45) is 0.720. The van der Waals surface area contributed by atoms with Gasteiger partial charge in [0.15, 0.2) is 0 Å². The van der Waals surface area contributed by atoms with Gasteiger partial charge in [0.25, 0.3) is 10.0 Å². The number of fused-ring (bicyclic) bond motifs is 1. The molecule has 2 aromatic carbocycles. The molecule has 3 aromatic rings. The molecule has 0 N–H and O–H groups in total. The minimum Gasteiger partial charge on any atom is -0.339 e. The van der Waals surface area contributed by atoms with E-state index < -0.39 is 10.0 Å². The van der Waals surface area contributed by atoms with Crippen molar-refractivity contribution in [3.05, 3.63) is 59.5 Å². The zero-order valence-electron chi connectivity index (χ0n) is 13.9. The van der Waals surface area contributed by atoms with Crippen molar-refractivity contribution in [3.63, 3.8) is 0 Å². The van der Waals surface area contributed by atoms with E-state index in [0.29, 0.717) is 29.4 Å². The molecule has 1 aliphatic rings. The molecule has 0 saturated carbocycles. The summed E-state index contributed by atoms with van der Waals surface area (Å²) in [6, 6.07) is 12.8. The molecule has 0 amide bonds. The second-order valence-corrected chi connectivity index (χ2v) is 7.90. The molecule has 1 aromatic heterocycles. The summed E-state index contributed by atoms with van der Waals surface area (Å²) >= 11 is 0. The predicted molar refractivity (Wildman–Crippen MR) is 93.9 cm³/mol. The van der Waals surface area contributed by atoms with Crippen molar-refractivity contribution in [3.8, 4) is 11.4 Å². The molecule has 0 spiro atoms. The van der Waals surface area contributed by atoms with E-state index in [1.165, 1.54) is 4.31 Å². The fourth-order valence-corrected chi connectivity index (χ4v) is 4.87. The van der Waals surface area contributed by atoms with Gasteiger partial charge in [0.2, 0.25) is 11.7 Å². The first-order chi connectivity index (χ1) is 12.0. The highest BCUT2D eigenvalue weighted by molar-refractivity contribution is 7.93. The molecule has 0 radical (unpaired) electrons. The Hall–Kier alpha value is -2.67. The van der Waals surface area contributed by atoms with E-state index in [1.54, 1.807) is 32.0 Å². The van der Waals surface area contributed by atoms with Crippen LogP contribution in [0.2, 0.25) is 0 Å². The molecule has 0 fully saturated rings. The third-order valence-corrected chi connectivity index (χ3v) is 6.34. The van der Waals surface area contributed by atoms with Gasteiger partial charge in [-0.25, -0.2) is 8.42 Å². The van der Waals surface area contributed by atoms with Crippen LogP contribution in [0.3, 0.4) is 0 Å². The Morgan fingerprint density at radius 3 is 2.68 bits per heavy atom. The quantitative estimate of drug-likeness (QED) is 0.721. The third kappa shape index (κ3) is 2.60. The van der Waals surface area contributed by atoms with Crippen LogP contribution in [-0.4, -0.2) is 25.1 Å². The number of rotatable bonds is 3. The molecule has 4 rings (SSSR count). The summed E-state index contributed by atoms with van der Waals surface area (Å²) in [5, 5.41) is 3.88. The number of aryl methyl sites for hydroxylation is 2. The highest BCUT2D eigenvalue weighted by atomic mass is 32.2. The van der Waals surface area contributed by atoms with Gasteiger partial charge in [0, 0.05) is 19.0 Å². The highest BCUT2D eigenvalue weighted by Gasteiger charge is 2.32. The van der Waals surface area contributed by atoms with E-state index in [-0.39, 0.29) is 4.90 Å². The molecule has 0 saturated heterocycles. The first-order valence-corrected chi connectivity index (χ1v) is 9.43. The second kappa shape index (κ2) is 5.70. The number of hydrogen-bond donors (Lipinski definition) is 0. The lowest BCUT2D eigenvalue weighted by molar-refractivity contribution is 0.394. The average molecular weight is 355 g/mol. The van der Waals surface area contributed by atoms with E-state index in [0.717, 1.165) is 17.7 Å². The van der Waals surface area contributed by atoms with E-state index in [4.69, 9.17) is 4.52 Å². The van der Waals surface area contributed by atoms with Gasteiger partial charge >= 0.3 is 0 Å². The first-order valence-electron chi connectivity index (χ1n) is 7.99. The van der Waals surface area contributed by atoms with Gasteiger partial charge in [-0.1, -0.05) is 35.5 Å². The van der Waals surface area contributed by atoms with Crippen LogP contribution in [0.4, 0.5) is 5.69 Å². The molecule has 2 heterocycles. The van der Waals surface area contributed by atoms with Gasteiger partial charge in [0.1, 0.15) is 0 Å². The Labute approximate surface area is 146 Å². The molecule has 0 aliphatic carbocycles. The molecule has 0 unspecified atom stereocenters. The molecule has 6 nitrogen and oxygen atoms in total. The Balaban J connectivity index is 1.81. The molecule has 1 aliphatic heterocycles. The van der Waals surface area contributed by atoms with Crippen molar-refractivity contribution in [1.82, 2.24) is 10.1 Å². The molecule has 0 bridgehead atoms. The van der Waals surface area contributed by atoms with E-state index in [1.807, 2.05) is 24.3 Å². The zero-order valence-corrected chi connectivity index (χ0v) is 14.7. The number of aromatic nitrogens is 2. The predicted octanol–water partition coefficient (Wildman–Crippen LogP) is 3.10. The van der Waals surface area contributed by atoms with Crippen LogP contribution in [0.5, 0.6) is 0 Å². The Kier molecular flexibility index (Phi) is 3.61. The van der Waals surface area contributed by atoms with Crippen molar-refractivity contribution >= 4 is 15.7 Å². The van der Waals surface area contributed by atoms with Crippen LogP contribution in [-0.2, 0) is 16.4 Å². The summed E-state index contributed by atoms with van der Waals surface area (Å²) < 4.78 is 33.0. The average Bonchev–Trinajstić information content (AvgIpc) is 3.21. The standard InChI is InChI=1S/C18H17N3O3S/c1-12-7-8-15(18-19-13(2)24-20-18)11-17(12)25(22,23)21-10-9-14-5-3-4-6-16(14)21/h3-8,11H,9-10H2,1-2H3. The van der Waals surface area contributed by atoms with Gasteiger partial charge in [-0.05, 0) is 36.6 Å². The van der Waals surface area contributed by atoms with Crippen molar-refractivity contribution < 1.29 is 12.9 Å². The monoisotopic (exact) mass is 355 g/mol. The number of anilines is 1. The molecular weight excluding hydrogens is 338 g/mol. The van der Waals surface area contributed by atoms with Gasteiger partial charge < -0.3 is 4.52 Å². The smallest absolute Gasteiger partial charge is 0.264 e. The van der Waals surface area contributed by atoms with Gasteiger partial charge in [-0.15, -0.1) is 0 Å². The van der Waals surface area contributed by atoms with Gasteiger partial charge in [-0.2, -0.15) is 4.98 Å². The Morgan fingerprint density at radius 2 is 1.92 bits per heavy atom. The van der Waals surface area contributed by atoms with E-state index in [2.05, 4.69) is 10.1 Å². The first kappa shape index (κ1) is 15.8. The second-order valence-electron chi connectivity index (χ2n) is 6.07. The maximum Gasteiger partial charge on any atom is 0.264 e. The van der Waals surface area contributed by atoms with Crippen LogP contribution in [0.15, 0.2) is 51.9 Å². The molecule has 7 heteroatoms.